The first-order chi connectivity index (χ1) is 7.24. The maximum absolute atomic E-state index is 4.36. The second kappa shape index (κ2) is 6.39. The normalized spacial score (nSPS) is 29.8. The molecule has 0 aliphatic carbocycles. The summed E-state index contributed by atoms with van der Waals surface area (Å²) in [6, 6.07) is 0. The first-order valence-electron chi connectivity index (χ1n) is 5.81. The number of hydrogen-bond acceptors (Lipinski definition) is 1. The van der Waals surface area contributed by atoms with E-state index in [1.54, 1.807) is 0 Å². The third-order valence-electron chi connectivity index (χ3n) is 2.63. The van der Waals surface area contributed by atoms with E-state index in [9.17, 15) is 0 Å². The summed E-state index contributed by atoms with van der Waals surface area (Å²) in [5.41, 5.74) is 2.50. The third kappa shape index (κ3) is 4.28. The first-order valence-corrected chi connectivity index (χ1v) is 5.81. The van der Waals surface area contributed by atoms with E-state index in [0.29, 0.717) is 5.92 Å². The molecular formula is C14H21N. The smallest absolute Gasteiger partial charge is 0.0375 e. The van der Waals surface area contributed by atoms with Crippen molar-refractivity contribution in [3.05, 3.63) is 36.1 Å². The predicted molar refractivity (Wildman–Crippen MR) is 68.2 cm³/mol. The van der Waals surface area contributed by atoms with Crippen LogP contribution in [0, 0.1) is 5.92 Å². The summed E-state index contributed by atoms with van der Waals surface area (Å²) >= 11 is 0. The van der Waals surface area contributed by atoms with Gasteiger partial charge in [0.05, 0.1) is 0 Å². The minimum atomic E-state index is 0.634. The van der Waals surface area contributed by atoms with E-state index in [1.807, 2.05) is 6.20 Å². The van der Waals surface area contributed by atoms with Crippen LogP contribution in [0.3, 0.4) is 0 Å². The predicted octanol–water partition coefficient (Wildman–Crippen LogP) is 4.28. The van der Waals surface area contributed by atoms with Gasteiger partial charge in [-0.2, -0.15) is 0 Å². The van der Waals surface area contributed by atoms with E-state index in [4.69, 9.17) is 0 Å². The molecule has 0 saturated carbocycles. The lowest BCUT2D eigenvalue weighted by molar-refractivity contribution is 0.613. The topological polar surface area (TPSA) is 12.4 Å². The van der Waals surface area contributed by atoms with E-state index >= 15 is 0 Å². The second-order valence-electron chi connectivity index (χ2n) is 4.13. The van der Waals surface area contributed by atoms with Gasteiger partial charge in [-0.3, -0.25) is 4.99 Å². The number of rotatable bonds is 3. The highest BCUT2D eigenvalue weighted by Crippen LogP contribution is 2.18. The molecule has 15 heavy (non-hydrogen) atoms. The molecule has 0 saturated heterocycles. The molecular weight excluding hydrogens is 182 g/mol. The van der Waals surface area contributed by atoms with Crippen LogP contribution in [0.1, 0.15) is 40.0 Å². The van der Waals surface area contributed by atoms with Gasteiger partial charge in [-0.1, -0.05) is 38.5 Å². The number of allylic oxidation sites excluding steroid dienone is 5. The molecule has 0 aromatic rings. The molecule has 0 bridgehead atoms. The maximum atomic E-state index is 4.36. The minimum Gasteiger partial charge on any atom is -0.262 e. The lowest BCUT2D eigenvalue weighted by Gasteiger charge is -2.11. The quantitative estimate of drug-likeness (QED) is 0.649. The molecule has 1 atom stereocenters. The molecule has 0 amide bonds. The minimum absolute atomic E-state index is 0.634. The van der Waals surface area contributed by atoms with Crippen molar-refractivity contribution in [3.8, 4) is 0 Å². The molecule has 0 aromatic carbocycles. The van der Waals surface area contributed by atoms with Crippen LogP contribution in [0.25, 0.3) is 0 Å². The monoisotopic (exact) mass is 203 g/mol. The molecule has 0 aromatic heterocycles. The van der Waals surface area contributed by atoms with Gasteiger partial charge in [0, 0.05) is 11.9 Å². The lowest BCUT2D eigenvalue weighted by atomic mass is 9.94. The zero-order valence-electron chi connectivity index (χ0n) is 10.0. The zero-order valence-corrected chi connectivity index (χ0v) is 10.0. The van der Waals surface area contributed by atoms with Crippen LogP contribution in [-0.4, -0.2) is 5.71 Å². The first kappa shape index (κ1) is 12.0. The molecule has 0 N–H and O–H groups in total. The van der Waals surface area contributed by atoms with Crippen molar-refractivity contribution in [3.63, 3.8) is 0 Å². The molecule has 0 radical (unpaired) electrons. The summed E-state index contributed by atoms with van der Waals surface area (Å²) < 4.78 is 0. The summed E-state index contributed by atoms with van der Waals surface area (Å²) in [5.74, 6) is 0.634. The van der Waals surface area contributed by atoms with Gasteiger partial charge in [0.2, 0.25) is 0 Å². The van der Waals surface area contributed by atoms with Gasteiger partial charge in [-0.25, -0.2) is 0 Å². The molecule has 1 aliphatic rings. The molecule has 0 fully saturated rings. The van der Waals surface area contributed by atoms with Gasteiger partial charge in [-0.05, 0) is 37.3 Å². The average molecular weight is 203 g/mol. The van der Waals surface area contributed by atoms with Crippen molar-refractivity contribution in [1.82, 2.24) is 0 Å². The fraction of sp³-hybridized carbons (Fsp3) is 0.500. The van der Waals surface area contributed by atoms with Gasteiger partial charge in [0.15, 0.2) is 0 Å². The Morgan fingerprint density at radius 3 is 2.93 bits per heavy atom. The van der Waals surface area contributed by atoms with Gasteiger partial charge < -0.3 is 0 Å². The van der Waals surface area contributed by atoms with Crippen LogP contribution in [0.5, 0.6) is 0 Å². The Balaban J connectivity index is 2.84. The Morgan fingerprint density at radius 1 is 1.40 bits per heavy atom. The van der Waals surface area contributed by atoms with Gasteiger partial charge in [0.25, 0.3) is 0 Å². The van der Waals surface area contributed by atoms with Crippen LogP contribution in [0.15, 0.2) is 41.1 Å². The van der Waals surface area contributed by atoms with E-state index in [1.165, 1.54) is 18.4 Å². The summed E-state index contributed by atoms with van der Waals surface area (Å²) in [4.78, 5) is 4.36. The molecule has 1 aliphatic heterocycles. The van der Waals surface area contributed by atoms with Crippen LogP contribution in [0.2, 0.25) is 0 Å². The van der Waals surface area contributed by atoms with Crippen molar-refractivity contribution >= 4 is 5.71 Å². The molecule has 0 spiro atoms. The molecule has 1 rings (SSSR count). The summed E-state index contributed by atoms with van der Waals surface area (Å²) in [6.45, 7) is 6.58. The molecule has 1 nitrogen and oxygen atoms in total. The zero-order chi connectivity index (χ0) is 11.1. The summed E-state index contributed by atoms with van der Waals surface area (Å²) in [7, 11) is 0. The largest absolute Gasteiger partial charge is 0.262 e. The molecule has 82 valence electrons. The Hall–Kier alpha value is -1.11. The highest BCUT2D eigenvalue weighted by molar-refractivity contribution is 5.94. The standard InChI is InChI=1S/C14H21N/c1-4-8-12(2)14-9-6-5-7-10-15-13(3)11-14/h6-7,9-12H,4-5,8H2,1-3H3/b9-6-,10-7-,14-11+,15-13+. The van der Waals surface area contributed by atoms with Crippen molar-refractivity contribution in [2.75, 3.05) is 0 Å². The van der Waals surface area contributed by atoms with E-state index in [2.05, 4.69) is 50.1 Å². The maximum Gasteiger partial charge on any atom is 0.0375 e. The Morgan fingerprint density at radius 2 is 2.20 bits per heavy atom. The molecule has 1 unspecified atom stereocenters. The summed E-state index contributed by atoms with van der Waals surface area (Å²) in [6.07, 6.45) is 14.1. The van der Waals surface area contributed by atoms with Crippen molar-refractivity contribution in [2.24, 2.45) is 10.9 Å². The fourth-order valence-electron chi connectivity index (χ4n) is 1.75. The SMILES string of the molecule is CCCC(C)C1=C/C(C)=N/C=C\C/C=C\1. The average Bonchev–Trinajstić information content (AvgIpc) is 2.30. The fourth-order valence-corrected chi connectivity index (χ4v) is 1.75. The van der Waals surface area contributed by atoms with Crippen LogP contribution >= 0.6 is 0 Å². The van der Waals surface area contributed by atoms with Crippen LogP contribution in [0.4, 0.5) is 0 Å². The van der Waals surface area contributed by atoms with Gasteiger partial charge in [-0.15, -0.1) is 0 Å². The third-order valence-corrected chi connectivity index (χ3v) is 2.63. The van der Waals surface area contributed by atoms with Crippen molar-refractivity contribution in [2.45, 2.75) is 40.0 Å². The van der Waals surface area contributed by atoms with Crippen LogP contribution < -0.4 is 0 Å². The van der Waals surface area contributed by atoms with Crippen molar-refractivity contribution in [1.29, 1.82) is 0 Å². The second-order valence-corrected chi connectivity index (χ2v) is 4.13. The van der Waals surface area contributed by atoms with E-state index in [-0.39, 0.29) is 0 Å². The number of nitrogens with zero attached hydrogens (tertiary/aromatic N) is 1. The Bertz CT molecular complexity index is 305. The van der Waals surface area contributed by atoms with E-state index < -0.39 is 0 Å². The highest BCUT2D eigenvalue weighted by atomic mass is 14.7. The van der Waals surface area contributed by atoms with Gasteiger partial charge in [0.1, 0.15) is 0 Å². The number of hydrogen-bond donors (Lipinski definition) is 0. The van der Waals surface area contributed by atoms with E-state index in [0.717, 1.165) is 12.1 Å². The van der Waals surface area contributed by atoms with Crippen molar-refractivity contribution < 1.29 is 0 Å². The lowest BCUT2D eigenvalue weighted by Crippen LogP contribution is -1.99. The highest BCUT2D eigenvalue weighted by Gasteiger charge is 2.05. The Kier molecular flexibility index (Phi) is 5.09. The molecule has 1 heteroatoms. The summed E-state index contributed by atoms with van der Waals surface area (Å²) in [5, 5.41) is 0. The van der Waals surface area contributed by atoms with Gasteiger partial charge >= 0.3 is 0 Å². The Labute approximate surface area is 93.3 Å². The number of aliphatic imine (C=N–C) groups is 1. The molecule has 1 heterocycles. The van der Waals surface area contributed by atoms with Crippen LogP contribution in [-0.2, 0) is 0 Å².